The molecule has 0 aromatic rings. The van der Waals surface area contributed by atoms with Crippen LogP contribution in [-0.4, -0.2) is 26.3 Å². The van der Waals surface area contributed by atoms with Crippen molar-refractivity contribution in [1.29, 1.82) is 0 Å². The molecule has 0 amide bonds. The fourth-order valence-electron chi connectivity index (χ4n) is 2.29. The quantitative estimate of drug-likeness (QED) is 0.685. The molecule has 1 saturated carbocycles. The van der Waals surface area contributed by atoms with Crippen LogP contribution in [0.15, 0.2) is 0 Å². The molecule has 0 bridgehead atoms. The Morgan fingerprint density at radius 2 is 2.08 bits per heavy atom. The third-order valence-electron chi connectivity index (χ3n) is 2.91. The molecule has 1 N–H and O–H groups in total. The topological polar surface area (TPSA) is 21.3 Å². The van der Waals surface area contributed by atoms with Gasteiger partial charge < -0.3 is 10.1 Å². The first-order valence-electron chi connectivity index (χ1n) is 5.63. The van der Waals surface area contributed by atoms with Crippen molar-refractivity contribution in [1.82, 2.24) is 5.32 Å². The number of hydrogen-bond donors (Lipinski definition) is 1. The van der Waals surface area contributed by atoms with Crippen molar-refractivity contribution in [3.63, 3.8) is 0 Å². The molecule has 0 aromatic carbocycles. The Kier molecular flexibility index (Phi) is 5.40. The van der Waals surface area contributed by atoms with Crippen LogP contribution in [0.1, 0.15) is 39.0 Å². The van der Waals surface area contributed by atoms with E-state index in [9.17, 15) is 0 Å². The molecule has 0 saturated heterocycles. The van der Waals surface area contributed by atoms with Crippen molar-refractivity contribution in [2.45, 2.75) is 45.1 Å². The summed E-state index contributed by atoms with van der Waals surface area (Å²) in [7, 11) is 2.00. The maximum absolute atomic E-state index is 5.68. The molecule has 0 heterocycles. The molecule has 1 unspecified atom stereocenters. The lowest BCUT2D eigenvalue weighted by atomic mass is 10.00. The lowest BCUT2D eigenvalue weighted by Gasteiger charge is -2.20. The molecule has 2 nitrogen and oxygen atoms in total. The van der Waals surface area contributed by atoms with Gasteiger partial charge in [0.25, 0.3) is 0 Å². The number of ether oxygens (including phenoxy) is 1. The zero-order valence-corrected chi connectivity index (χ0v) is 9.01. The monoisotopic (exact) mass is 185 g/mol. The molecule has 0 aromatic heterocycles. The van der Waals surface area contributed by atoms with Crippen molar-refractivity contribution in [3.8, 4) is 0 Å². The van der Waals surface area contributed by atoms with E-state index in [2.05, 4.69) is 12.2 Å². The summed E-state index contributed by atoms with van der Waals surface area (Å²) < 4.78 is 5.68. The van der Waals surface area contributed by atoms with Crippen LogP contribution in [0.5, 0.6) is 0 Å². The summed E-state index contributed by atoms with van der Waals surface area (Å²) in [6.07, 6.45) is 7.42. The summed E-state index contributed by atoms with van der Waals surface area (Å²) in [4.78, 5) is 0. The second-order valence-corrected chi connectivity index (χ2v) is 4.02. The van der Waals surface area contributed by atoms with Crippen molar-refractivity contribution in [2.24, 2.45) is 5.92 Å². The SMILES string of the molecule is CCOC(CNC)CC1CCCC1. The molecule has 1 atom stereocenters. The highest BCUT2D eigenvalue weighted by molar-refractivity contribution is 4.72. The summed E-state index contributed by atoms with van der Waals surface area (Å²) in [5, 5.41) is 3.20. The number of rotatable bonds is 6. The van der Waals surface area contributed by atoms with E-state index in [0.29, 0.717) is 6.10 Å². The zero-order valence-electron chi connectivity index (χ0n) is 9.01. The smallest absolute Gasteiger partial charge is 0.0701 e. The van der Waals surface area contributed by atoms with Crippen molar-refractivity contribution >= 4 is 0 Å². The van der Waals surface area contributed by atoms with Gasteiger partial charge in [-0.25, -0.2) is 0 Å². The molecule has 0 radical (unpaired) electrons. The van der Waals surface area contributed by atoms with Crippen LogP contribution in [0.2, 0.25) is 0 Å². The molecule has 1 rings (SSSR count). The second-order valence-electron chi connectivity index (χ2n) is 4.02. The maximum atomic E-state index is 5.68. The largest absolute Gasteiger partial charge is 0.377 e. The van der Waals surface area contributed by atoms with E-state index < -0.39 is 0 Å². The number of nitrogens with one attached hydrogen (secondary N) is 1. The van der Waals surface area contributed by atoms with Crippen LogP contribution in [0.3, 0.4) is 0 Å². The van der Waals surface area contributed by atoms with Gasteiger partial charge in [-0.3, -0.25) is 0 Å². The predicted molar refractivity (Wildman–Crippen MR) is 55.9 cm³/mol. The van der Waals surface area contributed by atoms with E-state index in [0.717, 1.165) is 19.1 Å². The molecule has 78 valence electrons. The van der Waals surface area contributed by atoms with Crippen molar-refractivity contribution in [2.75, 3.05) is 20.2 Å². The van der Waals surface area contributed by atoms with Crippen LogP contribution in [0.25, 0.3) is 0 Å². The minimum atomic E-state index is 0.443. The van der Waals surface area contributed by atoms with Gasteiger partial charge in [-0.1, -0.05) is 25.7 Å². The first kappa shape index (κ1) is 11.0. The van der Waals surface area contributed by atoms with E-state index in [1.165, 1.54) is 32.1 Å². The first-order chi connectivity index (χ1) is 6.36. The highest BCUT2D eigenvalue weighted by Crippen LogP contribution is 2.29. The summed E-state index contributed by atoms with van der Waals surface area (Å²) in [6.45, 7) is 3.93. The Balaban J connectivity index is 2.19. The Morgan fingerprint density at radius 1 is 1.38 bits per heavy atom. The van der Waals surface area contributed by atoms with E-state index >= 15 is 0 Å². The van der Waals surface area contributed by atoms with Crippen LogP contribution < -0.4 is 5.32 Å². The Bertz CT molecular complexity index is 115. The van der Waals surface area contributed by atoms with E-state index in [1.54, 1.807) is 0 Å². The lowest BCUT2D eigenvalue weighted by Crippen LogP contribution is -2.28. The van der Waals surface area contributed by atoms with Gasteiger partial charge in [0, 0.05) is 13.2 Å². The van der Waals surface area contributed by atoms with Gasteiger partial charge in [0.05, 0.1) is 6.10 Å². The zero-order chi connectivity index (χ0) is 9.52. The molecular weight excluding hydrogens is 162 g/mol. The van der Waals surface area contributed by atoms with Gasteiger partial charge in [0.2, 0.25) is 0 Å². The first-order valence-corrected chi connectivity index (χ1v) is 5.63. The van der Waals surface area contributed by atoms with E-state index in [4.69, 9.17) is 4.74 Å². The normalized spacial score (nSPS) is 20.8. The molecule has 1 aliphatic rings. The maximum Gasteiger partial charge on any atom is 0.0701 e. The third kappa shape index (κ3) is 4.10. The molecule has 13 heavy (non-hydrogen) atoms. The summed E-state index contributed by atoms with van der Waals surface area (Å²) in [5.74, 6) is 0.935. The lowest BCUT2D eigenvalue weighted by molar-refractivity contribution is 0.0467. The predicted octanol–water partition coefficient (Wildman–Crippen LogP) is 2.19. The molecule has 0 aliphatic heterocycles. The Labute approximate surface area is 82.0 Å². The van der Waals surface area contributed by atoms with Crippen molar-refractivity contribution < 1.29 is 4.74 Å². The number of likely N-dealkylation sites (N-methyl/N-ethyl adjacent to an activating group) is 1. The van der Waals surface area contributed by atoms with Gasteiger partial charge in [-0.15, -0.1) is 0 Å². The highest BCUT2D eigenvalue weighted by Gasteiger charge is 2.19. The van der Waals surface area contributed by atoms with E-state index in [-0.39, 0.29) is 0 Å². The summed E-state index contributed by atoms with van der Waals surface area (Å²) in [5.41, 5.74) is 0. The summed E-state index contributed by atoms with van der Waals surface area (Å²) >= 11 is 0. The van der Waals surface area contributed by atoms with Crippen LogP contribution in [0, 0.1) is 5.92 Å². The molecule has 2 heteroatoms. The van der Waals surface area contributed by atoms with Crippen LogP contribution in [0.4, 0.5) is 0 Å². The van der Waals surface area contributed by atoms with Gasteiger partial charge >= 0.3 is 0 Å². The highest BCUT2D eigenvalue weighted by atomic mass is 16.5. The minimum absolute atomic E-state index is 0.443. The second kappa shape index (κ2) is 6.39. The van der Waals surface area contributed by atoms with Crippen molar-refractivity contribution in [3.05, 3.63) is 0 Å². The molecule has 0 spiro atoms. The average molecular weight is 185 g/mol. The molecule has 1 fully saturated rings. The standard InChI is InChI=1S/C11H23NO/c1-3-13-11(9-12-2)8-10-6-4-5-7-10/h10-12H,3-9H2,1-2H3. The summed E-state index contributed by atoms with van der Waals surface area (Å²) in [6, 6.07) is 0. The fraction of sp³-hybridized carbons (Fsp3) is 1.00. The van der Waals surface area contributed by atoms with Gasteiger partial charge in [-0.2, -0.15) is 0 Å². The van der Waals surface area contributed by atoms with Crippen LogP contribution >= 0.6 is 0 Å². The molecular formula is C11H23NO. The Hall–Kier alpha value is -0.0800. The third-order valence-corrected chi connectivity index (χ3v) is 2.91. The average Bonchev–Trinajstić information content (AvgIpc) is 2.58. The number of hydrogen-bond acceptors (Lipinski definition) is 2. The van der Waals surface area contributed by atoms with E-state index in [1.807, 2.05) is 7.05 Å². The van der Waals surface area contributed by atoms with Crippen LogP contribution in [-0.2, 0) is 4.74 Å². The fourth-order valence-corrected chi connectivity index (χ4v) is 2.29. The molecule has 1 aliphatic carbocycles. The van der Waals surface area contributed by atoms with Gasteiger partial charge in [-0.05, 0) is 26.3 Å². The van der Waals surface area contributed by atoms with Gasteiger partial charge in [0.15, 0.2) is 0 Å². The van der Waals surface area contributed by atoms with Gasteiger partial charge in [0.1, 0.15) is 0 Å². The minimum Gasteiger partial charge on any atom is -0.377 e. The Morgan fingerprint density at radius 3 is 2.62 bits per heavy atom.